The molecule has 0 aliphatic heterocycles. The summed E-state index contributed by atoms with van der Waals surface area (Å²) in [6.07, 6.45) is 1.27. The number of Topliss-reactive ketones (excluding diaryl/α,β-unsaturated/α-hetero) is 1. The summed E-state index contributed by atoms with van der Waals surface area (Å²) in [7, 11) is 0. The minimum absolute atomic E-state index is 0.0279. The molecule has 0 bridgehead atoms. The highest BCUT2D eigenvalue weighted by molar-refractivity contribution is 6.05. The Labute approximate surface area is 85.9 Å². The maximum absolute atomic E-state index is 11.7. The number of rotatable bonds is 3. The molecule has 15 heavy (non-hydrogen) atoms. The van der Waals surface area contributed by atoms with Crippen molar-refractivity contribution in [3.05, 3.63) is 34.3 Å². The van der Waals surface area contributed by atoms with Crippen LogP contribution in [0.1, 0.15) is 30.1 Å². The number of carbonyl (C=O) groups excluding carboxylic acids is 1. The number of fused-ring (bicyclic) bond motifs is 1. The van der Waals surface area contributed by atoms with Gasteiger partial charge >= 0.3 is 5.76 Å². The van der Waals surface area contributed by atoms with Gasteiger partial charge in [-0.25, -0.2) is 4.79 Å². The number of carbonyl (C=O) groups is 1. The second kappa shape index (κ2) is 3.73. The second-order valence-corrected chi connectivity index (χ2v) is 3.37. The summed E-state index contributed by atoms with van der Waals surface area (Å²) < 4.78 is 4.87. The summed E-state index contributed by atoms with van der Waals surface area (Å²) in [5.41, 5.74) is 1.46. The van der Waals surface area contributed by atoms with Gasteiger partial charge in [-0.2, -0.15) is 0 Å². The first-order valence-corrected chi connectivity index (χ1v) is 4.87. The number of H-pyrrole nitrogens is 1. The third-order valence-electron chi connectivity index (χ3n) is 2.23. The number of hydrogen-bond donors (Lipinski definition) is 1. The predicted molar refractivity (Wildman–Crippen MR) is 56.1 cm³/mol. The number of benzene rings is 1. The fourth-order valence-electron chi connectivity index (χ4n) is 1.57. The minimum Gasteiger partial charge on any atom is -0.408 e. The van der Waals surface area contributed by atoms with Gasteiger partial charge in [-0.3, -0.25) is 9.78 Å². The number of hydrogen-bond acceptors (Lipinski definition) is 3. The van der Waals surface area contributed by atoms with E-state index in [9.17, 15) is 9.59 Å². The molecule has 1 heterocycles. The molecule has 0 atom stereocenters. The van der Waals surface area contributed by atoms with Crippen LogP contribution < -0.4 is 5.76 Å². The summed E-state index contributed by atoms with van der Waals surface area (Å²) in [6, 6.07) is 5.07. The van der Waals surface area contributed by atoms with Crippen LogP contribution in [0.3, 0.4) is 0 Å². The number of para-hydroxylation sites is 1. The first-order valence-electron chi connectivity index (χ1n) is 4.87. The zero-order valence-electron chi connectivity index (χ0n) is 8.37. The van der Waals surface area contributed by atoms with E-state index in [1.54, 1.807) is 18.2 Å². The van der Waals surface area contributed by atoms with Crippen molar-refractivity contribution in [1.29, 1.82) is 0 Å². The summed E-state index contributed by atoms with van der Waals surface area (Å²) in [6.45, 7) is 1.94. The van der Waals surface area contributed by atoms with Crippen molar-refractivity contribution in [1.82, 2.24) is 4.98 Å². The smallest absolute Gasteiger partial charge is 0.408 e. The Morgan fingerprint density at radius 2 is 2.27 bits per heavy atom. The first kappa shape index (κ1) is 9.71. The minimum atomic E-state index is -0.526. The second-order valence-electron chi connectivity index (χ2n) is 3.37. The Morgan fingerprint density at radius 3 is 3.00 bits per heavy atom. The van der Waals surface area contributed by atoms with E-state index >= 15 is 0 Å². The van der Waals surface area contributed by atoms with Crippen molar-refractivity contribution in [3.63, 3.8) is 0 Å². The van der Waals surface area contributed by atoms with Crippen LogP contribution in [0.4, 0.5) is 0 Å². The molecular formula is C11H11NO3. The molecule has 0 fully saturated rings. The average molecular weight is 205 g/mol. The number of ketones is 1. The summed E-state index contributed by atoms with van der Waals surface area (Å²) in [4.78, 5) is 25.2. The van der Waals surface area contributed by atoms with Gasteiger partial charge in [0.1, 0.15) is 0 Å². The zero-order chi connectivity index (χ0) is 10.8. The highest BCUT2D eigenvalue weighted by Crippen LogP contribution is 2.16. The van der Waals surface area contributed by atoms with Crippen LogP contribution >= 0.6 is 0 Å². The monoisotopic (exact) mass is 205 g/mol. The highest BCUT2D eigenvalue weighted by Gasteiger charge is 2.11. The molecule has 0 spiro atoms. The van der Waals surface area contributed by atoms with Gasteiger partial charge in [0.15, 0.2) is 11.4 Å². The Morgan fingerprint density at radius 1 is 1.47 bits per heavy atom. The molecule has 1 aromatic carbocycles. The third-order valence-corrected chi connectivity index (χ3v) is 2.23. The van der Waals surface area contributed by atoms with Gasteiger partial charge in [-0.1, -0.05) is 13.0 Å². The van der Waals surface area contributed by atoms with E-state index in [4.69, 9.17) is 4.42 Å². The molecule has 0 saturated carbocycles. The van der Waals surface area contributed by atoms with Gasteiger partial charge in [0.05, 0.1) is 5.52 Å². The summed E-state index contributed by atoms with van der Waals surface area (Å²) in [5, 5.41) is 0. The topological polar surface area (TPSA) is 63.1 Å². The normalized spacial score (nSPS) is 10.7. The van der Waals surface area contributed by atoms with Crippen molar-refractivity contribution in [2.24, 2.45) is 0 Å². The molecule has 0 radical (unpaired) electrons. The van der Waals surface area contributed by atoms with Gasteiger partial charge in [-0.05, 0) is 18.6 Å². The Kier molecular flexibility index (Phi) is 2.41. The molecule has 78 valence electrons. The van der Waals surface area contributed by atoms with Crippen LogP contribution in [0.25, 0.3) is 11.1 Å². The van der Waals surface area contributed by atoms with Crippen molar-refractivity contribution in [2.45, 2.75) is 19.8 Å². The molecule has 0 unspecified atom stereocenters. The van der Waals surface area contributed by atoms with E-state index < -0.39 is 5.76 Å². The fraction of sp³-hybridized carbons (Fsp3) is 0.273. The van der Waals surface area contributed by atoms with Crippen LogP contribution in [0.5, 0.6) is 0 Å². The molecule has 2 aromatic rings. The lowest BCUT2D eigenvalue weighted by Crippen LogP contribution is -2.00. The van der Waals surface area contributed by atoms with E-state index in [1.165, 1.54) is 0 Å². The predicted octanol–water partition coefficient (Wildman–Crippen LogP) is 2.10. The zero-order valence-corrected chi connectivity index (χ0v) is 8.37. The van der Waals surface area contributed by atoms with Crippen molar-refractivity contribution in [2.75, 3.05) is 0 Å². The lowest BCUT2D eigenvalue weighted by molar-refractivity contribution is 0.0983. The highest BCUT2D eigenvalue weighted by atomic mass is 16.4. The molecule has 1 N–H and O–H groups in total. The number of aromatic amines is 1. The number of aromatic nitrogens is 1. The van der Waals surface area contributed by atoms with Crippen LogP contribution in [-0.2, 0) is 0 Å². The van der Waals surface area contributed by atoms with Crippen molar-refractivity contribution >= 4 is 16.9 Å². The Bertz CT molecular complexity index is 550. The van der Waals surface area contributed by atoms with E-state index in [0.717, 1.165) is 6.42 Å². The Hall–Kier alpha value is -1.84. The average Bonchev–Trinajstić information content (AvgIpc) is 2.57. The maximum atomic E-state index is 11.7. The SMILES string of the molecule is CCCC(=O)c1cccc2oc(=O)[nH]c12. The number of nitrogens with one attached hydrogen (secondary N) is 1. The van der Waals surface area contributed by atoms with Crippen LogP contribution in [0.15, 0.2) is 27.4 Å². The van der Waals surface area contributed by atoms with Gasteiger partial charge in [0.2, 0.25) is 0 Å². The molecule has 0 saturated heterocycles. The molecule has 1 aromatic heterocycles. The fourth-order valence-corrected chi connectivity index (χ4v) is 1.57. The standard InChI is InChI=1S/C11H11NO3/c1-2-4-8(13)7-5-3-6-9-10(7)12-11(14)15-9/h3,5-6H,2,4H2,1H3,(H,12,14). The summed E-state index contributed by atoms with van der Waals surface area (Å²) >= 11 is 0. The van der Waals surface area contributed by atoms with Crippen molar-refractivity contribution in [3.8, 4) is 0 Å². The van der Waals surface area contributed by atoms with E-state index in [0.29, 0.717) is 23.1 Å². The lowest BCUT2D eigenvalue weighted by atomic mass is 10.1. The first-order chi connectivity index (χ1) is 7.22. The van der Waals surface area contributed by atoms with Gasteiger partial charge < -0.3 is 4.42 Å². The lowest BCUT2D eigenvalue weighted by Gasteiger charge is -1.98. The maximum Gasteiger partial charge on any atom is 0.417 e. The van der Waals surface area contributed by atoms with Crippen LogP contribution in [-0.4, -0.2) is 10.8 Å². The quantitative estimate of drug-likeness (QED) is 0.780. The Balaban J connectivity index is 2.60. The van der Waals surface area contributed by atoms with Crippen LogP contribution in [0.2, 0.25) is 0 Å². The van der Waals surface area contributed by atoms with E-state index in [2.05, 4.69) is 4.98 Å². The van der Waals surface area contributed by atoms with Gasteiger partial charge in [-0.15, -0.1) is 0 Å². The molecule has 0 amide bonds. The molecule has 4 heteroatoms. The number of oxazole rings is 1. The third kappa shape index (κ3) is 1.70. The van der Waals surface area contributed by atoms with E-state index in [-0.39, 0.29) is 5.78 Å². The van der Waals surface area contributed by atoms with Crippen molar-refractivity contribution < 1.29 is 9.21 Å². The summed E-state index contributed by atoms with van der Waals surface area (Å²) in [5.74, 6) is -0.498. The molecule has 0 aliphatic rings. The molecular weight excluding hydrogens is 194 g/mol. The van der Waals surface area contributed by atoms with E-state index in [1.807, 2.05) is 6.92 Å². The van der Waals surface area contributed by atoms with Gasteiger partial charge in [0.25, 0.3) is 0 Å². The molecule has 2 rings (SSSR count). The molecule has 0 aliphatic carbocycles. The van der Waals surface area contributed by atoms with Crippen LogP contribution in [0, 0.1) is 0 Å². The van der Waals surface area contributed by atoms with Gasteiger partial charge in [0, 0.05) is 12.0 Å². The molecule has 4 nitrogen and oxygen atoms in total. The largest absolute Gasteiger partial charge is 0.417 e.